The minimum Gasteiger partial charge on any atom is -0.492 e. The number of carboxylic acid groups (broad SMARTS) is 1. The maximum atomic E-state index is 12.0. The second-order valence-electron chi connectivity index (χ2n) is 3.71. The summed E-state index contributed by atoms with van der Waals surface area (Å²) in [5.74, 6) is -0.942. The number of carboxylic acids is 1. The van der Waals surface area contributed by atoms with E-state index in [1.54, 1.807) is 6.07 Å². The zero-order chi connectivity index (χ0) is 13.3. The van der Waals surface area contributed by atoms with E-state index in [0.717, 1.165) is 5.56 Å². The lowest BCUT2D eigenvalue weighted by atomic mass is 10.2. The number of aliphatic carboxylic acids is 1. The number of ether oxygens (including phenoxy) is 1. The summed E-state index contributed by atoms with van der Waals surface area (Å²) in [5, 5.41) is 8.50. The molecule has 6 nitrogen and oxygen atoms in total. The Bertz CT molecular complexity index is 599. The van der Waals surface area contributed by atoms with Gasteiger partial charge in [0.2, 0.25) is 10.0 Å². The molecule has 2 rings (SSSR count). The maximum Gasteiger partial charge on any atom is 0.318 e. The van der Waals surface area contributed by atoms with E-state index in [9.17, 15) is 13.2 Å². The molecule has 0 aliphatic carbocycles. The molecule has 0 bridgehead atoms. The number of nitrogens with one attached hydrogen (secondary N) is 1. The number of sulfonamides is 1. The van der Waals surface area contributed by atoms with Crippen molar-refractivity contribution in [3.8, 4) is 5.75 Å². The van der Waals surface area contributed by atoms with E-state index in [1.165, 1.54) is 6.07 Å². The summed E-state index contributed by atoms with van der Waals surface area (Å²) >= 11 is 3.22. The lowest BCUT2D eigenvalue weighted by Crippen LogP contribution is -2.29. The Morgan fingerprint density at radius 1 is 1.50 bits per heavy atom. The predicted molar refractivity (Wildman–Crippen MR) is 66.2 cm³/mol. The van der Waals surface area contributed by atoms with Crippen molar-refractivity contribution in [2.75, 3.05) is 13.2 Å². The van der Waals surface area contributed by atoms with Gasteiger partial charge in [-0.15, -0.1) is 0 Å². The van der Waals surface area contributed by atoms with Crippen LogP contribution in [0, 0.1) is 0 Å². The summed E-state index contributed by atoms with van der Waals surface area (Å²) in [6.45, 7) is -0.239. The van der Waals surface area contributed by atoms with Crippen molar-refractivity contribution in [1.29, 1.82) is 0 Å². The Morgan fingerprint density at radius 2 is 2.22 bits per heavy atom. The fraction of sp³-hybridized carbons (Fsp3) is 0.300. The number of halogens is 1. The van der Waals surface area contributed by atoms with Gasteiger partial charge in [0.25, 0.3) is 0 Å². The minimum absolute atomic E-state index is 0.0365. The SMILES string of the molecule is O=C(O)CNS(=O)(=O)c1cc(Br)cc2c1OCC2. The molecule has 98 valence electrons. The minimum atomic E-state index is -3.89. The normalized spacial score (nSPS) is 14.1. The zero-order valence-corrected chi connectivity index (χ0v) is 11.5. The van der Waals surface area contributed by atoms with E-state index in [-0.39, 0.29) is 4.90 Å². The molecule has 2 N–H and O–H groups in total. The van der Waals surface area contributed by atoms with Crippen LogP contribution in [0.1, 0.15) is 5.56 Å². The van der Waals surface area contributed by atoms with Crippen molar-refractivity contribution < 1.29 is 23.1 Å². The van der Waals surface area contributed by atoms with Crippen LogP contribution in [0.2, 0.25) is 0 Å². The van der Waals surface area contributed by atoms with Crippen LogP contribution in [0.25, 0.3) is 0 Å². The van der Waals surface area contributed by atoms with Gasteiger partial charge < -0.3 is 9.84 Å². The molecular formula is C10H10BrNO5S. The highest BCUT2D eigenvalue weighted by Crippen LogP contribution is 2.35. The molecule has 0 aromatic heterocycles. The molecule has 1 aromatic rings. The molecule has 1 aliphatic rings. The standard InChI is InChI=1S/C10H10BrNO5S/c11-7-3-6-1-2-17-10(6)8(4-7)18(15,16)12-5-9(13)14/h3-4,12H,1-2,5H2,(H,13,14). The molecule has 1 aliphatic heterocycles. The average molecular weight is 336 g/mol. The fourth-order valence-corrected chi connectivity index (χ4v) is 3.51. The van der Waals surface area contributed by atoms with Gasteiger partial charge in [-0.3, -0.25) is 4.79 Å². The van der Waals surface area contributed by atoms with Crippen molar-refractivity contribution in [3.05, 3.63) is 22.2 Å². The Labute approximate surface area is 112 Å². The van der Waals surface area contributed by atoms with Crippen molar-refractivity contribution in [2.45, 2.75) is 11.3 Å². The number of benzene rings is 1. The molecule has 0 amide bonds. The summed E-state index contributed by atoms with van der Waals surface area (Å²) in [6, 6.07) is 3.19. The van der Waals surface area contributed by atoms with Gasteiger partial charge in [0.15, 0.2) is 0 Å². The van der Waals surface area contributed by atoms with E-state index < -0.39 is 22.5 Å². The van der Waals surface area contributed by atoms with Crippen LogP contribution in [0.15, 0.2) is 21.5 Å². The summed E-state index contributed by atoms with van der Waals surface area (Å²) in [4.78, 5) is 10.4. The third-order valence-corrected chi connectivity index (χ3v) is 4.28. The first-order chi connectivity index (χ1) is 8.40. The van der Waals surface area contributed by atoms with Crippen LogP contribution in [-0.2, 0) is 21.2 Å². The average Bonchev–Trinajstić information content (AvgIpc) is 2.73. The van der Waals surface area contributed by atoms with Crippen LogP contribution < -0.4 is 9.46 Å². The van der Waals surface area contributed by atoms with Crippen LogP contribution in [0.4, 0.5) is 0 Å². The number of fused-ring (bicyclic) bond motifs is 1. The van der Waals surface area contributed by atoms with Gasteiger partial charge in [-0.2, -0.15) is 4.72 Å². The van der Waals surface area contributed by atoms with Gasteiger partial charge in [-0.1, -0.05) is 15.9 Å². The largest absolute Gasteiger partial charge is 0.492 e. The summed E-state index contributed by atoms with van der Waals surface area (Å²) in [5.41, 5.74) is 0.792. The number of carbonyl (C=O) groups is 1. The molecule has 0 atom stereocenters. The molecule has 8 heteroatoms. The number of rotatable bonds is 4. The predicted octanol–water partition coefficient (Wildman–Crippen LogP) is 0.747. The fourth-order valence-electron chi connectivity index (χ4n) is 1.67. The van der Waals surface area contributed by atoms with Crippen molar-refractivity contribution in [3.63, 3.8) is 0 Å². The summed E-state index contributed by atoms with van der Waals surface area (Å²) in [7, 11) is -3.89. The number of hydrogen-bond acceptors (Lipinski definition) is 4. The lowest BCUT2D eigenvalue weighted by molar-refractivity contribution is -0.135. The topological polar surface area (TPSA) is 92.7 Å². The first-order valence-electron chi connectivity index (χ1n) is 5.07. The highest BCUT2D eigenvalue weighted by Gasteiger charge is 2.26. The van der Waals surface area contributed by atoms with E-state index in [4.69, 9.17) is 9.84 Å². The molecule has 18 heavy (non-hydrogen) atoms. The Kier molecular flexibility index (Phi) is 3.60. The Hall–Kier alpha value is -1.12. The van der Waals surface area contributed by atoms with E-state index >= 15 is 0 Å². The molecule has 1 aromatic carbocycles. The molecule has 1 heterocycles. The second-order valence-corrected chi connectivity index (χ2v) is 6.36. The van der Waals surface area contributed by atoms with Crippen LogP contribution in [-0.4, -0.2) is 32.6 Å². The van der Waals surface area contributed by atoms with Gasteiger partial charge >= 0.3 is 5.97 Å². The van der Waals surface area contributed by atoms with E-state index in [2.05, 4.69) is 15.9 Å². The number of hydrogen-bond donors (Lipinski definition) is 2. The smallest absolute Gasteiger partial charge is 0.318 e. The third kappa shape index (κ3) is 2.65. The molecule has 0 unspecified atom stereocenters. The monoisotopic (exact) mass is 335 g/mol. The Balaban J connectivity index is 2.42. The molecule has 0 saturated carbocycles. The molecule has 0 spiro atoms. The van der Waals surface area contributed by atoms with Gasteiger partial charge in [-0.05, 0) is 12.1 Å². The first kappa shape index (κ1) is 13.3. The third-order valence-electron chi connectivity index (χ3n) is 2.42. The molecular weight excluding hydrogens is 326 g/mol. The first-order valence-corrected chi connectivity index (χ1v) is 7.34. The van der Waals surface area contributed by atoms with Crippen LogP contribution >= 0.6 is 15.9 Å². The van der Waals surface area contributed by atoms with Crippen molar-refractivity contribution in [1.82, 2.24) is 4.72 Å². The van der Waals surface area contributed by atoms with E-state index in [0.29, 0.717) is 23.2 Å². The summed E-state index contributed by atoms with van der Waals surface area (Å²) < 4.78 is 31.9. The van der Waals surface area contributed by atoms with Gasteiger partial charge in [0.05, 0.1) is 6.61 Å². The quantitative estimate of drug-likeness (QED) is 0.846. The van der Waals surface area contributed by atoms with Crippen molar-refractivity contribution in [2.24, 2.45) is 0 Å². The molecule has 0 saturated heterocycles. The van der Waals surface area contributed by atoms with E-state index in [1.807, 2.05) is 4.72 Å². The zero-order valence-electron chi connectivity index (χ0n) is 9.14. The molecule has 0 radical (unpaired) electrons. The van der Waals surface area contributed by atoms with Crippen molar-refractivity contribution >= 4 is 31.9 Å². The maximum absolute atomic E-state index is 12.0. The highest BCUT2D eigenvalue weighted by atomic mass is 79.9. The summed E-state index contributed by atoms with van der Waals surface area (Å²) in [6.07, 6.45) is 0.635. The van der Waals surface area contributed by atoms with Gasteiger partial charge in [0, 0.05) is 16.5 Å². The highest BCUT2D eigenvalue weighted by molar-refractivity contribution is 9.10. The molecule has 0 fully saturated rings. The van der Waals surface area contributed by atoms with Gasteiger partial charge in [-0.25, -0.2) is 8.42 Å². The lowest BCUT2D eigenvalue weighted by Gasteiger charge is -2.10. The Morgan fingerprint density at radius 3 is 2.89 bits per heavy atom. The van der Waals surface area contributed by atoms with Crippen LogP contribution in [0.3, 0.4) is 0 Å². The second kappa shape index (κ2) is 4.87. The van der Waals surface area contributed by atoms with Gasteiger partial charge in [0.1, 0.15) is 17.2 Å². The van der Waals surface area contributed by atoms with Crippen LogP contribution in [0.5, 0.6) is 5.75 Å².